The van der Waals surface area contributed by atoms with Gasteiger partial charge in [0.1, 0.15) is 0 Å². The second kappa shape index (κ2) is 4.55. The van der Waals surface area contributed by atoms with Crippen molar-refractivity contribution in [1.82, 2.24) is 4.57 Å². The largest absolute Gasteiger partial charge is 0.483 e. The summed E-state index contributed by atoms with van der Waals surface area (Å²) >= 11 is 0. The molecule has 1 aromatic rings. The lowest BCUT2D eigenvalue weighted by Crippen LogP contribution is -2.31. The normalized spacial score (nSPS) is 19.9. The van der Waals surface area contributed by atoms with Gasteiger partial charge in [-0.2, -0.15) is 0 Å². The smallest absolute Gasteiger partial charge is 0.423 e. The van der Waals surface area contributed by atoms with E-state index in [2.05, 4.69) is 5.32 Å². The van der Waals surface area contributed by atoms with E-state index in [1.54, 1.807) is 30.0 Å². The zero-order chi connectivity index (χ0) is 11.5. The van der Waals surface area contributed by atoms with Gasteiger partial charge in [0, 0.05) is 19.3 Å². The number of rotatable bonds is 2. The van der Waals surface area contributed by atoms with Crippen LogP contribution in [0.3, 0.4) is 0 Å². The lowest BCUT2D eigenvalue weighted by atomic mass is 9.87. The fourth-order valence-corrected chi connectivity index (χ4v) is 1.62. The molecule has 1 aliphatic heterocycles. The van der Waals surface area contributed by atoms with Gasteiger partial charge in [-0.25, -0.2) is 0 Å². The molecule has 0 spiro atoms. The van der Waals surface area contributed by atoms with Crippen LogP contribution < -0.4 is 10.9 Å². The van der Waals surface area contributed by atoms with E-state index < -0.39 is 7.12 Å². The number of anilines is 1. The van der Waals surface area contributed by atoms with Crippen LogP contribution in [0, 0.1) is 0 Å². The Hall–Kier alpha value is -1.53. The number of hydrogen-bond acceptors (Lipinski definition) is 4. The first-order chi connectivity index (χ1) is 7.70. The number of aromatic nitrogens is 1. The van der Waals surface area contributed by atoms with Gasteiger partial charge in [0.15, 0.2) is 0 Å². The first-order valence-electron chi connectivity index (χ1n) is 5.08. The van der Waals surface area contributed by atoms with Crippen LogP contribution in [0.2, 0.25) is 0 Å². The molecule has 0 radical (unpaired) electrons. The molecule has 2 heterocycles. The quantitative estimate of drug-likeness (QED) is 0.690. The predicted octanol–water partition coefficient (Wildman–Crippen LogP) is 0.0372. The van der Waals surface area contributed by atoms with Gasteiger partial charge < -0.3 is 19.6 Å². The Morgan fingerprint density at radius 3 is 3.06 bits per heavy atom. The van der Waals surface area contributed by atoms with E-state index in [0.717, 1.165) is 5.69 Å². The van der Waals surface area contributed by atoms with E-state index in [4.69, 9.17) is 9.68 Å². The Balaban J connectivity index is 2.32. The van der Waals surface area contributed by atoms with Gasteiger partial charge in [0.05, 0.1) is 18.3 Å². The average molecular weight is 220 g/mol. The second-order valence-corrected chi connectivity index (χ2v) is 3.59. The minimum atomic E-state index is -0.862. The number of pyridine rings is 1. The summed E-state index contributed by atoms with van der Waals surface area (Å²) in [6.07, 6.45) is 3.51. The fourth-order valence-electron chi connectivity index (χ4n) is 1.62. The Kier molecular flexibility index (Phi) is 3.12. The summed E-state index contributed by atoms with van der Waals surface area (Å²) in [5.74, 6) is 1.53. The average Bonchev–Trinajstić information content (AvgIpc) is 2.31. The molecule has 2 N–H and O–H groups in total. The van der Waals surface area contributed by atoms with E-state index >= 15 is 0 Å². The van der Waals surface area contributed by atoms with Crippen LogP contribution in [0.4, 0.5) is 5.69 Å². The third-order valence-electron chi connectivity index (χ3n) is 2.52. The van der Waals surface area contributed by atoms with Crippen LogP contribution in [-0.4, -0.2) is 30.4 Å². The van der Waals surface area contributed by atoms with Crippen molar-refractivity contribution < 1.29 is 9.68 Å². The third kappa shape index (κ3) is 2.18. The van der Waals surface area contributed by atoms with Crippen molar-refractivity contribution in [3.8, 4) is 0 Å². The summed E-state index contributed by atoms with van der Waals surface area (Å²) in [6.45, 7) is 0.296. The minimum Gasteiger partial charge on any atom is -0.423 e. The summed E-state index contributed by atoms with van der Waals surface area (Å²) in [5, 5.41) is 12.1. The van der Waals surface area contributed by atoms with E-state index in [-0.39, 0.29) is 11.6 Å². The summed E-state index contributed by atoms with van der Waals surface area (Å²) in [5.41, 5.74) is 0.771. The van der Waals surface area contributed by atoms with E-state index in [0.29, 0.717) is 6.61 Å². The van der Waals surface area contributed by atoms with Crippen molar-refractivity contribution in [3.05, 3.63) is 40.7 Å². The van der Waals surface area contributed by atoms with Gasteiger partial charge in [0.2, 0.25) is 0 Å². The molecule has 6 heteroatoms. The number of nitrogens with one attached hydrogen (secondary N) is 1. The molecule has 84 valence electrons. The molecule has 1 aliphatic rings. The molecule has 0 saturated carbocycles. The highest BCUT2D eigenvalue weighted by atomic mass is 16.5. The molecule has 1 aromatic heterocycles. The monoisotopic (exact) mass is 220 g/mol. The van der Waals surface area contributed by atoms with Crippen LogP contribution in [0.5, 0.6) is 0 Å². The predicted molar refractivity (Wildman–Crippen MR) is 62.4 cm³/mol. The van der Waals surface area contributed by atoms with Crippen molar-refractivity contribution in [2.24, 2.45) is 0 Å². The first kappa shape index (κ1) is 11.0. The Bertz CT molecular complexity index is 458. The van der Waals surface area contributed by atoms with E-state index in [9.17, 15) is 4.79 Å². The number of nitrogens with zero attached hydrogens (tertiary/aromatic N) is 1. The molecule has 0 saturated heterocycles. The zero-order valence-electron chi connectivity index (χ0n) is 8.96. The molecular weight excluding hydrogens is 207 g/mol. The summed E-state index contributed by atoms with van der Waals surface area (Å²) < 4.78 is 6.64. The minimum absolute atomic E-state index is 0.0892. The van der Waals surface area contributed by atoms with Crippen molar-refractivity contribution in [1.29, 1.82) is 0 Å². The maximum absolute atomic E-state index is 11.7. The molecule has 0 amide bonds. The summed E-state index contributed by atoms with van der Waals surface area (Å²) in [4.78, 5) is 11.7. The Morgan fingerprint density at radius 1 is 1.62 bits per heavy atom. The lowest BCUT2D eigenvalue weighted by Gasteiger charge is -2.21. The maximum Gasteiger partial charge on any atom is 0.483 e. The zero-order valence-corrected chi connectivity index (χ0v) is 8.96. The highest BCUT2D eigenvalue weighted by Gasteiger charge is 2.19. The second-order valence-electron chi connectivity index (χ2n) is 3.59. The first-order valence-corrected chi connectivity index (χ1v) is 5.08. The van der Waals surface area contributed by atoms with Crippen LogP contribution in [0.1, 0.15) is 6.04 Å². The van der Waals surface area contributed by atoms with Gasteiger partial charge in [-0.05, 0) is 6.07 Å². The van der Waals surface area contributed by atoms with Crippen molar-refractivity contribution in [2.45, 2.75) is 6.04 Å². The van der Waals surface area contributed by atoms with Gasteiger partial charge >= 0.3 is 7.12 Å². The van der Waals surface area contributed by atoms with E-state index in [1.165, 1.54) is 12.0 Å². The van der Waals surface area contributed by atoms with Gasteiger partial charge in [-0.1, -0.05) is 12.1 Å². The Morgan fingerprint density at radius 2 is 2.44 bits per heavy atom. The lowest BCUT2D eigenvalue weighted by molar-refractivity contribution is 0.228. The number of hydrogen-bond donors (Lipinski definition) is 2. The van der Waals surface area contributed by atoms with Crippen molar-refractivity contribution in [2.75, 3.05) is 19.0 Å². The standard InChI is InChI=1S/C10H13BN2O3/c1-12-8-2-3-10(14)13(6-8)9-4-5-11(15)16-7-9/h2-6,9,12,15H,7H2,1H3. The van der Waals surface area contributed by atoms with Crippen molar-refractivity contribution in [3.63, 3.8) is 0 Å². The SMILES string of the molecule is CNc1ccc(=O)n(C2C=CB(O)OC2)c1. The highest BCUT2D eigenvalue weighted by molar-refractivity contribution is 6.49. The van der Waals surface area contributed by atoms with Gasteiger partial charge in [-0.3, -0.25) is 4.79 Å². The summed E-state index contributed by atoms with van der Waals surface area (Å²) in [6, 6.07) is 3.07. The molecule has 0 aliphatic carbocycles. The maximum atomic E-state index is 11.7. The molecule has 0 aromatic carbocycles. The third-order valence-corrected chi connectivity index (χ3v) is 2.52. The van der Waals surface area contributed by atoms with Crippen LogP contribution >= 0.6 is 0 Å². The molecule has 1 atom stereocenters. The fraction of sp³-hybridized carbons (Fsp3) is 0.300. The van der Waals surface area contributed by atoms with Gasteiger partial charge in [-0.15, -0.1) is 0 Å². The van der Waals surface area contributed by atoms with E-state index in [1.807, 2.05) is 0 Å². The molecule has 16 heavy (non-hydrogen) atoms. The van der Waals surface area contributed by atoms with Crippen LogP contribution in [0.15, 0.2) is 35.2 Å². The van der Waals surface area contributed by atoms with Crippen molar-refractivity contribution >= 4 is 12.8 Å². The highest BCUT2D eigenvalue weighted by Crippen LogP contribution is 2.14. The molecule has 2 rings (SSSR count). The van der Waals surface area contributed by atoms with Crippen LogP contribution in [-0.2, 0) is 4.65 Å². The molecule has 5 nitrogen and oxygen atoms in total. The molecular formula is C10H13BN2O3. The topological polar surface area (TPSA) is 63.5 Å². The molecule has 0 bridgehead atoms. The molecule has 1 unspecified atom stereocenters. The Labute approximate surface area is 93.5 Å². The van der Waals surface area contributed by atoms with Gasteiger partial charge in [0.25, 0.3) is 5.56 Å². The summed E-state index contributed by atoms with van der Waals surface area (Å²) in [7, 11) is 0.931. The van der Waals surface area contributed by atoms with Crippen LogP contribution in [0.25, 0.3) is 0 Å². The molecule has 0 fully saturated rings.